The van der Waals surface area contributed by atoms with Gasteiger partial charge in [-0.25, -0.2) is 4.98 Å². The summed E-state index contributed by atoms with van der Waals surface area (Å²) in [6, 6.07) is 22.7. The molecule has 0 unspecified atom stereocenters. The van der Waals surface area contributed by atoms with E-state index in [4.69, 9.17) is 4.42 Å². The standard InChI is InChI=1S/C20H15NO/c1-14-6-2-5-9-18(14)19-13-21-20(22-19)17-11-10-15-7-3-4-8-16(15)12-17/h2-13H,1H3. The quantitative estimate of drug-likeness (QED) is 0.488. The second-order valence-corrected chi connectivity index (χ2v) is 5.41. The fourth-order valence-electron chi connectivity index (χ4n) is 2.70. The van der Waals surface area contributed by atoms with Crippen molar-refractivity contribution in [3.8, 4) is 22.8 Å². The summed E-state index contributed by atoms with van der Waals surface area (Å²) in [6.07, 6.45) is 1.80. The molecule has 1 heterocycles. The number of nitrogens with zero attached hydrogens (tertiary/aromatic N) is 1. The van der Waals surface area contributed by atoms with E-state index in [-0.39, 0.29) is 0 Å². The first-order valence-electron chi connectivity index (χ1n) is 7.32. The van der Waals surface area contributed by atoms with Crippen LogP contribution in [-0.4, -0.2) is 4.98 Å². The smallest absolute Gasteiger partial charge is 0.226 e. The summed E-state index contributed by atoms with van der Waals surface area (Å²) >= 11 is 0. The molecule has 2 heteroatoms. The highest BCUT2D eigenvalue weighted by atomic mass is 16.4. The monoisotopic (exact) mass is 285 g/mol. The van der Waals surface area contributed by atoms with Crippen LogP contribution in [0.15, 0.2) is 77.3 Å². The van der Waals surface area contributed by atoms with Crippen LogP contribution in [0.2, 0.25) is 0 Å². The van der Waals surface area contributed by atoms with Crippen LogP contribution in [0.25, 0.3) is 33.6 Å². The normalized spacial score (nSPS) is 11.0. The lowest BCUT2D eigenvalue weighted by molar-refractivity contribution is 0.588. The van der Waals surface area contributed by atoms with Crippen molar-refractivity contribution in [2.24, 2.45) is 0 Å². The summed E-state index contributed by atoms with van der Waals surface area (Å²) in [5.41, 5.74) is 3.27. The third-order valence-corrected chi connectivity index (χ3v) is 3.91. The minimum atomic E-state index is 0.656. The molecule has 4 rings (SSSR count). The number of aryl methyl sites for hydroxylation is 1. The highest BCUT2D eigenvalue weighted by Crippen LogP contribution is 2.29. The van der Waals surface area contributed by atoms with Crippen LogP contribution < -0.4 is 0 Å². The Bertz CT molecular complexity index is 953. The van der Waals surface area contributed by atoms with E-state index in [0.717, 1.165) is 16.9 Å². The molecule has 0 amide bonds. The maximum atomic E-state index is 5.97. The fraction of sp³-hybridized carbons (Fsp3) is 0.0500. The number of oxazole rings is 1. The first kappa shape index (κ1) is 12.8. The summed E-state index contributed by atoms with van der Waals surface area (Å²) in [5, 5.41) is 2.41. The predicted octanol–water partition coefficient (Wildman–Crippen LogP) is 5.47. The van der Waals surface area contributed by atoms with Gasteiger partial charge in [-0.1, -0.05) is 54.6 Å². The first-order chi connectivity index (χ1) is 10.8. The summed E-state index contributed by atoms with van der Waals surface area (Å²) in [5.74, 6) is 1.46. The summed E-state index contributed by atoms with van der Waals surface area (Å²) in [7, 11) is 0. The highest BCUT2D eigenvalue weighted by molar-refractivity contribution is 5.86. The lowest BCUT2D eigenvalue weighted by atomic mass is 10.1. The number of rotatable bonds is 2. The molecule has 0 N–H and O–H groups in total. The largest absolute Gasteiger partial charge is 0.436 e. The molecule has 106 valence electrons. The Morgan fingerprint density at radius 1 is 0.818 bits per heavy atom. The maximum absolute atomic E-state index is 5.97. The van der Waals surface area contributed by atoms with E-state index >= 15 is 0 Å². The van der Waals surface area contributed by atoms with Crippen molar-refractivity contribution in [1.82, 2.24) is 4.98 Å². The average molecular weight is 285 g/mol. The molecule has 0 saturated carbocycles. The van der Waals surface area contributed by atoms with Crippen LogP contribution in [0.4, 0.5) is 0 Å². The average Bonchev–Trinajstić information content (AvgIpc) is 3.04. The Morgan fingerprint density at radius 3 is 2.45 bits per heavy atom. The summed E-state index contributed by atoms with van der Waals surface area (Å²) in [6.45, 7) is 2.08. The van der Waals surface area contributed by atoms with Gasteiger partial charge in [-0.3, -0.25) is 0 Å². The van der Waals surface area contributed by atoms with E-state index in [9.17, 15) is 0 Å². The molecule has 0 atom stereocenters. The Morgan fingerprint density at radius 2 is 1.59 bits per heavy atom. The van der Waals surface area contributed by atoms with Gasteiger partial charge in [0.25, 0.3) is 0 Å². The van der Waals surface area contributed by atoms with E-state index in [2.05, 4.69) is 54.4 Å². The van der Waals surface area contributed by atoms with Crippen molar-refractivity contribution < 1.29 is 4.42 Å². The lowest BCUT2D eigenvalue weighted by Gasteiger charge is -2.02. The van der Waals surface area contributed by atoms with Crippen LogP contribution in [0, 0.1) is 6.92 Å². The lowest BCUT2D eigenvalue weighted by Crippen LogP contribution is -1.79. The molecule has 0 radical (unpaired) electrons. The molecular formula is C20H15NO. The Labute approximate surface area is 129 Å². The van der Waals surface area contributed by atoms with Crippen LogP contribution in [0.5, 0.6) is 0 Å². The molecule has 0 spiro atoms. The third kappa shape index (κ3) is 2.19. The second-order valence-electron chi connectivity index (χ2n) is 5.41. The SMILES string of the molecule is Cc1ccccc1-c1cnc(-c2ccc3ccccc3c2)o1. The fourth-order valence-corrected chi connectivity index (χ4v) is 2.70. The van der Waals surface area contributed by atoms with Gasteiger partial charge in [-0.05, 0) is 35.4 Å². The zero-order valence-corrected chi connectivity index (χ0v) is 12.3. The van der Waals surface area contributed by atoms with Gasteiger partial charge in [0.1, 0.15) is 0 Å². The summed E-state index contributed by atoms with van der Waals surface area (Å²) in [4.78, 5) is 4.44. The first-order valence-corrected chi connectivity index (χ1v) is 7.32. The number of benzene rings is 3. The van der Waals surface area contributed by atoms with Gasteiger partial charge in [0, 0.05) is 11.1 Å². The Kier molecular flexibility index (Phi) is 3.01. The van der Waals surface area contributed by atoms with Gasteiger partial charge in [0.2, 0.25) is 5.89 Å². The van der Waals surface area contributed by atoms with Gasteiger partial charge in [-0.2, -0.15) is 0 Å². The van der Waals surface area contributed by atoms with Gasteiger partial charge < -0.3 is 4.42 Å². The molecule has 0 aliphatic carbocycles. The molecule has 1 aromatic heterocycles. The van der Waals surface area contributed by atoms with Gasteiger partial charge >= 0.3 is 0 Å². The van der Waals surface area contributed by atoms with Crippen molar-refractivity contribution in [1.29, 1.82) is 0 Å². The van der Waals surface area contributed by atoms with Crippen LogP contribution in [-0.2, 0) is 0 Å². The van der Waals surface area contributed by atoms with Crippen molar-refractivity contribution in [3.05, 3.63) is 78.5 Å². The van der Waals surface area contributed by atoms with E-state index in [1.54, 1.807) is 6.20 Å². The number of hydrogen-bond acceptors (Lipinski definition) is 2. The zero-order valence-electron chi connectivity index (χ0n) is 12.3. The number of hydrogen-bond donors (Lipinski definition) is 0. The van der Waals surface area contributed by atoms with E-state index in [1.165, 1.54) is 16.3 Å². The molecule has 0 saturated heterocycles. The molecule has 0 bridgehead atoms. The Hall–Kier alpha value is -2.87. The second kappa shape index (κ2) is 5.15. The van der Waals surface area contributed by atoms with Gasteiger partial charge in [0.15, 0.2) is 5.76 Å². The van der Waals surface area contributed by atoms with Crippen LogP contribution in [0.1, 0.15) is 5.56 Å². The zero-order chi connectivity index (χ0) is 14.9. The van der Waals surface area contributed by atoms with E-state index in [1.807, 2.05) is 24.3 Å². The van der Waals surface area contributed by atoms with Gasteiger partial charge in [-0.15, -0.1) is 0 Å². The topological polar surface area (TPSA) is 26.0 Å². The van der Waals surface area contributed by atoms with E-state index < -0.39 is 0 Å². The molecule has 0 aliphatic heterocycles. The maximum Gasteiger partial charge on any atom is 0.226 e. The van der Waals surface area contributed by atoms with Crippen molar-refractivity contribution in [3.63, 3.8) is 0 Å². The molecule has 22 heavy (non-hydrogen) atoms. The molecule has 0 fully saturated rings. The van der Waals surface area contributed by atoms with Crippen molar-refractivity contribution >= 4 is 10.8 Å². The Balaban J connectivity index is 1.78. The van der Waals surface area contributed by atoms with E-state index in [0.29, 0.717) is 5.89 Å². The van der Waals surface area contributed by atoms with Crippen molar-refractivity contribution in [2.45, 2.75) is 6.92 Å². The van der Waals surface area contributed by atoms with Crippen LogP contribution in [0.3, 0.4) is 0 Å². The summed E-state index contributed by atoms with van der Waals surface area (Å²) < 4.78 is 5.97. The third-order valence-electron chi connectivity index (χ3n) is 3.91. The van der Waals surface area contributed by atoms with Crippen molar-refractivity contribution in [2.75, 3.05) is 0 Å². The molecule has 0 aliphatic rings. The number of fused-ring (bicyclic) bond motifs is 1. The molecular weight excluding hydrogens is 270 g/mol. The van der Waals surface area contributed by atoms with Crippen LogP contribution >= 0.6 is 0 Å². The minimum absolute atomic E-state index is 0.656. The molecule has 4 aromatic rings. The number of aromatic nitrogens is 1. The molecule has 3 aromatic carbocycles. The predicted molar refractivity (Wildman–Crippen MR) is 89.6 cm³/mol. The highest BCUT2D eigenvalue weighted by Gasteiger charge is 2.10. The van der Waals surface area contributed by atoms with Gasteiger partial charge in [0.05, 0.1) is 6.20 Å². The minimum Gasteiger partial charge on any atom is -0.436 e. The molecule has 2 nitrogen and oxygen atoms in total.